The first-order valence-corrected chi connectivity index (χ1v) is 5.52. The Balaban J connectivity index is 2.21. The van der Waals surface area contributed by atoms with Crippen molar-refractivity contribution in [3.05, 3.63) is 30.6 Å². The summed E-state index contributed by atoms with van der Waals surface area (Å²) in [6.07, 6.45) is 7.27. The second kappa shape index (κ2) is 5.11. The Kier molecular flexibility index (Phi) is 3.55. The van der Waals surface area contributed by atoms with Crippen LogP contribution in [0.1, 0.15) is 18.7 Å². The SMILES string of the molecule is COCCn1cc(-n2cncc2C(C)N)cn1. The second-order valence-electron chi connectivity index (χ2n) is 3.93. The van der Waals surface area contributed by atoms with E-state index in [2.05, 4.69) is 10.1 Å². The lowest BCUT2D eigenvalue weighted by atomic mass is 10.2. The lowest BCUT2D eigenvalue weighted by Crippen LogP contribution is -2.10. The number of nitrogens with two attached hydrogens (primary N) is 1. The van der Waals surface area contributed by atoms with Crippen LogP contribution in [-0.2, 0) is 11.3 Å². The monoisotopic (exact) mass is 235 g/mol. The average molecular weight is 235 g/mol. The van der Waals surface area contributed by atoms with Gasteiger partial charge in [0.05, 0.1) is 43.3 Å². The predicted molar refractivity (Wildman–Crippen MR) is 63.8 cm³/mol. The van der Waals surface area contributed by atoms with Crippen LogP contribution in [-0.4, -0.2) is 33.0 Å². The van der Waals surface area contributed by atoms with E-state index >= 15 is 0 Å². The summed E-state index contributed by atoms with van der Waals surface area (Å²) in [7, 11) is 1.68. The molecule has 0 aliphatic heterocycles. The normalized spacial score (nSPS) is 12.9. The number of rotatable bonds is 5. The summed E-state index contributed by atoms with van der Waals surface area (Å²) in [5.74, 6) is 0. The quantitative estimate of drug-likeness (QED) is 0.829. The molecule has 2 N–H and O–H groups in total. The lowest BCUT2D eigenvalue weighted by Gasteiger charge is -2.07. The Morgan fingerprint density at radius 2 is 2.29 bits per heavy atom. The molecule has 0 bridgehead atoms. The minimum absolute atomic E-state index is 0.0557. The summed E-state index contributed by atoms with van der Waals surface area (Å²) in [5, 5.41) is 4.26. The first-order chi connectivity index (χ1) is 8.22. The number of methoxy groups -OCH3 is 1. The topological polar surface area (TPSA) is 70.9 Å². The van der Waals surface area contributed by atoms with Gasteiger partial charge in [-0.2, -0.15) is 5.10 Å². The van der Waals surface area contributed by atoms with E-state index in [9.17, 15) is 0 Å². The highest BCUT2D eigenvalue weighted by Gasteiger charge is 2.09. The fourth-order valence-corrected chi connectivity index (χ4v) is 1.64. The van der Waals surface area contributed by atoms with Crippen LogP contribution in [0, 0.1) is 0 Å². The third-order valence-corrected chi connectivity index (χ3v) is 2.56. The summed E-state index contributed by atoms with van der Waals surface area (Å²) in [5.41, 5.74) is 7.81. The van der Waals surface area contributed by atoms with Gasteiger partial charge in [-0.1, -0.05) is 0 Å². The minimum Gasteiger partial charge on any atom is -0.383 e. The number of aromatic nitrogens is 4. The van der Waals surface area contributed by atoms with Gasteiger partial charge in [0.25, 0.3) is 0 Å². The Morgan fingerprint density at radius 1 is 1.47 bits per heavy atom. The van der Waals surface area contributed by atoms with Gasteiger partial charge in [0.15, 0.2) is 0 Å². The van der Waals surface area contributed by atoms with Gasteiger partial charge in [0.1, 0.15) is 0 Å². The smallest absolute Gasteiger partial charge is 0.0995 e. The molecule has 0 radical (unpaired) electrons. The van der Waals surface area contributed by atoms with E-state index in [-0.39, 0.29) is 6.04 Å². The molecule has 0 aliphatic carbocycles. The molecule has 6 heteroatoms. The highest BCUT2D eigenvalue weighted by atomic mass is 16.5. The fraction of sp³-hybridized carbons (Fsp3) is 0.455. The van der Waals surface area contributed by atoms with Gasteiger partial charge < -0.3 is 10.5 Å². The minimum atomic E-state index is -0.0557. The Morgan fingerprint density at radius 3 is 3.00 bits per heavy atom. The van der Waals surface area contributed by atoms with Crippen LogP contribution in [0.2, 0.25) is 0 Å². The molecule has 2 heterocycles. The highest BCUT2D eigenvalue weighted by molar-refractivity contribution is 5.29. The van der Waals surface area contributed by atoms with Gasteiger partial charge in [-0.25, -0.2) is 4.98 Å². The molecule has 0 aliphatic rings. The maximum atomic E-state index is 5.88. The highest BCUT2D eigenvalue weighted by Crippen LogP contribution is 2.15. The Bertz CT molecular complexity index is 474. The van der Waals surface area contributed by atoms with Crippen LogP contribution in [0.4, 0.5) is 0 Å². The van der Waals surface area contributed by atoms with Crippen LogP contribution in [0.15, 0.2) is 24.9 Å². The lowest BCUT2D eigenvalue weighted by molar-refractivity contribution is 0.183. The molecule has 0 fully saturated rings. The van der Waals surface area contributed by atoms with Gasteiger partial charge >= 0.3 is 0 Å². The largest absolute Gasteiger partial charge is 0.383 e. The maximum absolute atomic E-state index is 5.88. The molecule has 92 valence electrons. The Hall–Kier alpha value is -1.66. The summed E-state index contributed by atoms with van der Waals surface area (Å²) in [6.45, 7) is 3.31. The number of imidazole rings is 1. The first kappa shape index (κ1) is 11.8. The maximum Gasteiger partial charge on any atom is 0.0995 e. The van der Waals surface area contributed by atoms with E-state index in [4.69, 9.17) is 10.5 Å². The zero-order valence-electron chi connectivity index (χ0n) is 10.1. The number of nitrogens with zero attached hydrogens (tertiary/aromatic N) is 4. The molecule has 2 aromatic heterocycles. The van der Waals surface area contributed by atoms with Gasteiger partial charge in [-0.05, 0) is 6.92 Å². The van der Waals surface area contributed by atoms with E-state index in [0.29, 0.717) is 6.61 Å². The molecule has 1 atom stereocenters. The molecule has 2 aromatic rings. The van der Waals surface area contributed by atoms with Crippen molar-refractivity contribution in [1.82, 2.24) is 19.3 Å². The van der Waals surface area contributed by atoms with E-state index < -0.39 is 0 Å². The van der Waals surface area contributed by atoms with Crippen LogP contribution in [0.5, 0.6) is 0 Å². The van der Waals surface area contributed by atoms with Crippen molar-refractivity contribution in [3.8, 4) is 5.69 Å². The molecule has 0 saturated carbocycles. The fourth-order valence-electron chi connectivity index (χ4n) is 1.64. The Labute approximate surface area is 100 Å². The second-order valence-corrected chi connectivity index (χ2v) is 3.93. The van der Waals surface area contributed by atoms with E-state index in [0.717, 1.165) is 17.9 Å². The van der Waals surface area contributed by atoms with Crippen molar-refractivity contribution >= 4 is 0 Å². The molecule has 0 aromatic carbocycles. The van der Waals surface area contributed by atoms with E-state index in [1.165, 1.54) is 0 Å². The molecular formula is C11H17N5O. The molecule has 2 rings (SSSR count). The molecule has 6 nitrogen and oxygen atoms in total. The first-order valence-electron chi connectivity index (χ1n) is 5.52. The van der Waals surface area contributed by atoms with Gasteiger partial charge in [-0.3, -0.25) is 9.25 Å². The van der Waals surface area contributed by atoms with Gasteiger partial charge in [0.2, 0.25) is 0 Å². The molecular weight excluding hydrogens is 218 g/mol. The molecule has 0 spiro atoms. The van der Waals surface area contributed by atoms with Crippen molar-refractivity contribution in [2.75, 3.05) is 13.7 Å². The average Bonchev–Trinajstić information content (AvgIpc) is 2.94. The van der Waals surface area contributed by atoms with Crippen molar-refractivity contribution in [1.29, 1.82) is 0 Å². The third-order valence-electron chi connectivity index (χ3n) is 2.56. The van der Waals surface area contributed by atoms with Crippen LogP contribution >= 0.6 is 0 Å². The third kappa shape index (κ3) is 2.54. The van der Waals surface area contributed by atoms with Crippen LogP contribution in [0.25, 0.3) is 5.69 Å². The zero-order valence-corrected chi connectivity index (χ0v) is 10.1. The summed E-state index contributed by atoms with van der Waals surface area (Å²) < 4.78 is 8.79. The van der Waals surface area contributed by atoms with Crippen LogP contribution < -0.4 is 5.73 Å². The van der Waals surface area contributed by atoms with Gasteiger partial charge in [-0.15, -0.1) is 0 Å². The molecule has 0 amide bonds. The molecule has 1 unspecified atom stereocenters. The standard InChI is InChI=1S/C11H17N5O/c1-9(12)11-6-13-8-16(11)10-5-14-15(7-10)3-4-17-2/h5-9H,3-4,12H2,1-2H3. The van der Waals surface area contributed by atoms with Crippen molar-refractivity contribution in [2.24, 2.45) is 5.73 Å². The van der Waals surface area contributed by atoms with E-state index in [1.54, 1.807) is 25.8 Å². The van der Waals surface area contributed by atoms with Crippen molar-refractivity contribution < 1.29 is 4.74 Å². The predicted octanol–water partition coefficient (Wildman–Crippen LogP) is 0.735. The van der Waals surface area contributed by atoms with Crippen molar-refractivity contribution in [3.63, 3.8) is 0 Å². The number of hydrogen-bond donors (Lipinski definition) is 1. The molecule has 17 heavy (non-hydrogen) atoms. The number of ether oxygens (including phenoxy) is 1. The number of hydrogen-bond acceptors (Lipinski definition) is 4. The van der Waals surface area contributed by atoms with E-state index in [1.807, 2.05) is 22.4 Å². The van der Waals surface area contributed by atoms with Crippen LogP contribution in [0.3, 0.4) is 0 Å². The zero-order chi connectivity index (χ0) is 12.3. The van der Waals surface area contributed by atoms with Crippen molar-refractivity contribution in [2.45, 2.75) is 19.5 Å². The summed E-state index contributed by atoms with van der Waals surface area (Å²) in [4.78, 5) is 4.11. The molecule has 0 saturated heterocycles. The van der Waals surface area contributed by atoms with Gasteiger partial charge in [0, 0.05) is 19.3 Å². The summed E-state index contributed by atoms with van der Waals surface area (Å²) in [6, 6.07) is -0.0557. The summed E-state index contributed by atoms with van der Waals surface area (Å²) >= 11 is 0.